The fourth-order valence-electron chi connectivity index (χ4n) is 8.14. The summed E-state index contributed by atoms with van der Waals surface area (Å²) in [4.78, 5) is 5.31. The molecule has 0 saturated carbocycles. The molecule has 6 aromatic carbocycles. The Morgan fingerprint density at radius 3 is 1.47 bits per heavy atom. The van der Waals surface area contributed by atoms with Crippen LogP contribution in [0.15, 0.2) is 140 Å². The van der Waals surface area contributed by atoms with Crippen molar-refractivity contribution in [3.8, 4) is 73.4 Å². The van der Waals surface area contributed by atoms with Gasteiger partial charge in [-0.1, -0.05) is 139 Å². The number of phenols is 1. The Bertz CT molecular complexity index is 2690. The quantitative estimate of drug-likeness (QED) is 0.131. The average Bonchev–Trinajstić information content (AvgIpc) is 3.92. The summed E-state index contributed by atoms with van der Waals surface area (Å²) >= 11 is 0. The number of benzene rings is 6. The van der Waals surface area contributed by atoms with Gasteiger partial charge >= 0.3 is 0 Å². The second-order valence-corrected chi connectivity index (χ2v) is 16.7. The number of imidazole rings is 1. The summed E-state index contributed by atoms with van der Waals surface area (Å²) < 4.78 is 4.32. The van der Waals surface area contributed by atoms with Gasteiger partial charge in [0.2, 0.25) is 0 Å². The molecule has 0 radical (unpaired) electrons. The smallest absolute Gasteiger partial charge is 0.140 e. The van der Waals surface area contributed by atoms with Gasteiger partial charge in [-0.05, 0) is 105 Å². The first kappa shape index (κ1) is 42.3. The molecule has 0 fully saturated rings. The summed E-state index contributed by atoms with van der Waals surface area (Å²) in [5.41, 5.74) is 14.9. The van der Waals surface area contributed by atoms with Crippen molar-refractivity contribution < 1.29 is 26.2 Å². The maximum atomic E-state index is 11.3. The van der Waals surface area contributed by atoms with Gasteiger partial charge in [0.25, 0.3) is 0 Å². The summed E-state index contributed by atoms with van der Waals surface area (Å²) in [6.45, 7) is 18.0. The fourth-order valence-corrected chi connectivity index (χ4v) is 8.14. The number of hydrogen-bond donors (Lipinski definition) is 1. The topological polar surface area (TPSA) is 68.8 Å². The van der Waals surface area contributed by atoms with Gasteiger partial charge in [-0.15, -0.1) is 29.4 Å². The van der Waals surface area contributed by atoms with Crippen LogP contribution < -0.4 is 0 Å². The van der Waals surface area contributed by atoms with Gasteiger partial charge in [-0.3, -0.25) is 4.98 Å². The largest absolute Gasteiger partial charge is 0.507 e. The third kappa shape index (κ3) is 8.18. The third-order valence-corrected chi connectivity index (χ3v) is 11.2. The van der Waals surface area contributed by atoms with Crippen molar-refractivity contribution in [1.29, 1.82) is 0 Å². The Labute approximate surface area is 369 Å². The molecular formula is C53H52N5OPt-. The number of nitrogens with zero attached hydrogens (tertiary/aromatic N) is 5. The maximum Gasteiger partial charge on any atom is 0.140 e. The molecule has 0 amide bonds. The maximum absolute atomic E-state index is 11.3. The van der Waals surface area contributed by atoms with E-state index in [2.05, 4.69) is 167 Å². The van der Waals surface area contributed by atoms with E-state index in [0.29, 0.717) is 17.2 Å². The molecule has 0 atom stereocenters. The number of phenolic OH excluding ortho intramolecular Hbond substituents is 1. The molecule has 0 aliphatic carbocycles. The van der Waals surface area contributed by atoms with Crippen LogP contribution in [0, 0.1) is 6.07 Å². The summed E-state index contributed by atoms with van der Waals surface area (Å²) in [7, 11) is 0. The van der Waals surface area contributed by atoms with Gasteiger partial charge < -0.3 is 14.2 Å². The van der Waals surface area contributed by atoms with E-state index in [9.17, 15) is 5.11 Å². The second kappa shape index (κ2) is 17.8. The van der Waals surface area contributed by atoms with Crippen molar-refractivity contribution in [2.45, 2.75) is 79.1 Å². The Morgan fingerprint density at radius 2 is 0.967 bits per heavy atom. The van der Waals surface area contributed by atoms with Crippen LogP contribution in [-0.2, 0) is 21.1 Å². The van der Waals surface area contributed by atoms with Crippen molar-refractivity contribution in [3.05, 3.63) is 168 Å². The van der Waals surface area contributed by atoms with Gasteiger partial charge in [0.15, 0.2) is 0 Å². The Morgan fingerprint density at radius 1 is 0.500 bits per heavy atom. The van der Waals surface area contributed by atoms with E-state index < -0.39 is 0 Å². The molecule has 8 aromatic rings. The van der Waals surface area contributed by atoms with Crippen molar-refractivity contribution in [2.75, 3.05) is 0 Å². The number of aromatic nitrogens is 5. The van der Waals surface area contributed by atoms with E-state index in [1.165, 1.54) is 44.5 Å². The number of hydrogen-bond acceptors (Lipinski definition) is 4. The van der Waals surface area contributed by atoms with Gasteiger partial charge in [-0.2, -0.15) is 5.10 Å². The van der Waals surface area contributed by atoms with Gasteiger partial charge in [-0.25, -0.2) is 0 Å². The van der Waals surface area contributed by atoms with E-state index in [0.717, 1.165) is 28.2 Å². The molecule has 60 heavy (non-hydrogen) atoms. The first-order valence-corrected chi connectivity index (χ1v) is 20.8. The summed E-state index contributed by atoms with van der Waals surface area (Å²) in [6.07, 6.45) is 3.93. The molecule has 0 aliphatic heterocycles. The molecule has 7 heteroatoms. The zero-order valence-corrected chi connectivity index (χ0v) is 37.9. The molecule has 2 aromatic heterocycles. The van der Waals surface area contributed by atoms with Crippen LogP contribution in [0.25, 0.3) is 67.7 Å². The van der Waals surface area contributed by atoms with Crippen molar-refractivity contribution in [1.82, 2.24) is 24.3 Å². The number of para-hydroxylation sites is 1. The van der Waals surface area contributed by atoms with Crippen LogP contribution >= 0.6 is 0 Å². The Hall–Kier alpha value is -5.84. The predicted molar refractivity (Wildman–Crippen MR) is 243 cm³/mol. The molecule has 8 rings (SSSR count). The van der Waals surface area contributed by atoms with Crippen LogP contribution in [0.4, 0.5) is 0 Å². The van der Waals surface area contributed by atoms with E-state index >= 15 is 0 Å². The standard InChI is InChI=1S/C53H52N5O.Pt/c1-33(2)44-27-41(37-18-11-9-12-19-37)28-45(34(3)4)50(44)57-31-48(55-53(57)43-24-15-16-25-49(43)59)39-22-17-23-40(26-39)52-56-54-32-58(52)51-46(35(5)6)29-42(30-47(51)36(7)8)38-20-13-10-14-21-38;/h9-25,27-36,59H,1-8H3;/q-1;. The third-order valence-electron chi connectivity index (χ3n) is 11.2. The Kier molecular flexibility index (Phi) is 12.5. The summed E-state index contributed by atoms with van der Waals surface area (Å²) in [5, 5.41) is 20.5. The molecule has 306 valence electrons. The zero-order chi connectivity index (χ0) is 41.4. The molecule has 2 heterocycles. The number of rotatable bonds is 11. The van der Waals surface area contributed by atoms with E-state index in [1.54, 1.807) is 6.07 Å². The zero-order valence-electron chi connectivity index (χ0n) is 35.6. The van der Waals surface area contributed by atoms with Crippen LogP contribution in [-0.4, -0.2) is 29.4 Å². The first-order chi connectivity index (χ1) is 28.5. The molecule has 6 nitrogen and oxygen atoms in total. The van der Waals surface area contributed by atoms with Gasteiger partial charge in [0.1, 0.15) is 23.7 Å². The molecular weight excluding hydrogens is 918 g/mol. The van der Waals surface area contributed by atoms with Gasteiger partial charge in [0.05, 0.1) is 11.3 Å². The second-order valence-electron chi connectivity index (χ2n) is 16.7. The van der Waals surface area contributed by atoms with Gasteiger partial charge in [0, 0.05) is 38.6 Å². The monoisotopic (exact) mass is 969 g/mol. The molecule has 1 N–H and O–H groups in total. The minimum Gasteiger partial charge on any atom is -0.507 e. The minimum atomic E-state index is 0. The molecule has 0 bridgehead atoms. The van der Waals surface area contributed by atoms with Crippen LogP contribution in [0.2, 0.25) is 0 Å². The van der Waals surface area contributed by atoms with Crippen molar-refractivity contribution in [3.63, 3.8) is 0 Å². The predicted octanol–water partition coefficient (Wildman–Crippen LogP) is 13.8. The van der Waals surface area contributed by atoms with Crippen LogP contribution in [0.1, 0.15) is 101 Å². The summed E-state index contributed by atoms with van der Waals surface area (Å²) in [5.74, 6) is 2.48. The SMILES string of the molecule is CC(C)c1cc(-c2ccccc2)cc(C(C)C)c1-n1cnnc1-c1[c-]c(-c2cn(-c3c(C(C)C)cc(-c4ccccc4)cc3C(C)C)c(-c3ccccc3O)n2)ccc1.[Pt]. The van der Waals surface area contributed by atoms with Crippen LogP contribution in [0.3, 0.4) is 0 Å². The molecule has 0 aliphatic rings. The van der Waals surface area contributed by atoms with E-state index in [4.69, 9.17) is 10.1 Å². The first-order valence-electron chi connectivity index (χ1n) is 20.8. The minimum absolute atomic E-state index is 0. The van der Waals surface area contributed by atoms with Crippen molar-refractivity contribution >= 4 is 0 Å². The fraction of sp³-hybridized carbons (Fsp3) is 0.226. The van der Waals surface area contributed by atoms with E-state index in [-0.39, 0.29) is 50.5 Å². The molecule has 0 spiro atoms. The normalized spacial score (nSPS) is 11.5. The number of aromatic hydroxyl groups is 1. The summed E-state index contributed by atoms with van der Waals surface area (Å²) in [6, 6.07) is 47.7. The molecule has 0 saturated heterocycles. The van der Waals surface area contributed by atoms with E-state index in [1.807, 2.05) is 42.7 Å². The average molecular weight is 970 g/mol. The Balaban J connectivity index is 0.00000544. The van der Waals surface area contributed by atoms with Crippen molar-refractivity contribution in [2.24, 2.45) is 0 Å². The van der Waals surface area contributed by atoms with Crippen LogP contribution in [0.5, 0.6) is 5.75 Å². The molecule has 0 unspecified atom stereocenters.